The number of aromatic carboxylic acids is 1. The zero-order valence-corrected chi connectivity index (χ0v) is 16.3. The molecule has 1 aliphatic heterocycles. The van der Waals surface area contributed by atoms with Crippen LogP contribution in [0.3, 0.4) is 0 Å². The van der Waals surface area contributed by atoms with Gasteiger partial charge in [-0.25, -0.2) is 4.79 Å². The zero-order valence-electron chi connectivity index (χ0n) is 16.3. The summed E-state index contributed by atoms with van der Waals surface area (Å²) in [5, 5.41) is 31.6. The average Bonchev–Trinajstić information content (AvgIpc) is 3.42. The fraction of sp³-hybridized carbons (Fsp3) is 0.0870. The lowest BCUT2D eigenvalue weighted by Gasteiger charge is -2.11. The van der Waals surface area contributed by atoms with Crippen molar-refractivity contribution in [2.75, 3.05) is 6.54 Å². The molecular formula is C23H17N5O3. The highest BCUT2D eigenvalue weighted by atomic mass is 16.4. The Morgan fingerprint density at radius 1 is 0.968 bits per heavy atom. The zero-order chi connectivity index (χ0) is 21.4. The molecule has 0 spiro atoms. The Bertz CT molecular complexity index is 1370. The molecule has 0 unspecified atom stereocenters. The summed E-state index contributed by atoms with van der Waals surface area (Å²) in [7, 11) is 0. The summed E-state index contributed by atoms with van der Waals surface area (Å²) in [5.74, 6) is -1.06. The molecule has 3 aromatic carbocycles. The van der Waals surface area contributed by atoms with Crippen molar-refractivity contribution in [3.63, 3.8) is 0 Å². The van der Waals surface area contributed by atoms with Crippen LogP contribution < -0.4 is 0 Å². The van der Waals surface area contributed by atoms with E-state index in [9.17, 15) is 15.0 Å². The van der Waals surface area contributed by atoms with Crippen LogP contribution in [0.15, 0.2) is 82.2 Å². The lowest BCUT2D eigenvalue weighted by Crippen LogP contribution is -2.05. The molecule has 2 N–H and O–H groups in total. The first-order valence-electron chi connectivity index (χ1n) is 9.65. The predicted octanol–water partition coefficient (Wildman–Crippen LogP) is 4.33. The molecule has 1 aromatic heterocycles. The number of nitrogens with zero attached hydrogens (tertiary/aromatic N) is 5. The lowest BCUT2D eigenvalue weighted by molar-refractivity contribution is 0.0698. The Morgan fingerprint density at radius 2 is 1.74 bits per heavy atom. The minimum absolute atomic E-state index is 0.101. The summed E-state index contributed by atoms with van der Waals surface area (Å²) in [6.07, 6.45) is 0. The van der Waals surface area contributed by atoms with Crippen molar-refractivity contribution in [1.82, 2.24) is 9.55 Å². The molecule has 0 aliphatic carbocycles. The molecule has 0 saturated heterocycles. The van der Waals surface area contributed by atoms with Crippen molar-refractivity contribution in [3.8, 4) is 17.1 Å². The van der Waals surface area contributed by atoms with Gasteiger partial charge in [-0.3, -0.25) is 4.57 Å². The van der Waals surface area contributed by atoms with E-state index >= 15 is 0 Å². The third kappa shape index (κ3) is 3.33. The minimum atomic E-state index is -1.06. The standard InChI is InChI=1S/C23H17N5O3/c29-22(30)18-6-3-7-19-21(18)28(23(31)25-19)13-14-8-10-15(11-9-14)16-4-1-2-5-17(16)20-12-24-27-26-20/h1-11H,12-13H2,(H,25,31)(H,29,30). The van der Waals surface area contributed by atoms with Crippen LogP contribution >= 0.6 is 0 Å². The van der Waals surface area contributed by atoms with Gasteiger partial charge in [0.2, 0.25) is 0 Å². The maximum Gasteiger partial charge on any atom is 0.337 e. The van der Waals surface area contributed by atoms with Crippen LogP contribution in [0.25, 0.3) is 22.2 Å². The van der Waals surface area contributed by atoms with E-state index in [1.54, 1.807) is 12.1 Å². The Labute approximate surface area is 176 Å². The summed E-state index contributed by atoms with van der Waals surface area (Å²) in [4.78, 5) is 15.7. The highest BCUT2D eigenvalue weighted by Crippen LogP contribution is 2.28. The first kappa shape index (κ1) is 18.7. The molecule has 0 radical (unpaired) electrons. The van der Waals surface area contributed by atoms with Crippen LogP contribution in [0.1, 0.15) is 21.5 Å². The molecule has 2 heterocycles. The molecule has 0 saturated carbocycles. The molecule has 5 rings (SSSR count). The third-order valence-electron chi connectivity index (χ3n) is 5.27. The van der Waals surface area contributed by atoms with Gasteiger partial charge in [-0.15, -0.1) is 5.10 Å². The molecule has 4 aromatic rings. The number of aromatic hydroxyl groups is 1. The summed E-state index contributed by atoms with van der Waals surface area (Å²) in [6, 6.07) is 20.4. The number of benzene rings is 3. The van der Waals surface area contributed by atoms with Gasteiger partial charge in [0.25, 0.3) is 6.01 Å². The second-order valence-corrected chi connectivity index (χ2v) is 7.15. The fourth-order valence-corrected chi connectivity index (χ4v) is 3.81. The topological polar surface area (TPSA) is 112 Å². The number of carboxylic acid groups (broad SMARTS) is 1. The smallest absolute Gasteiger partial charge is 0.337 e. The van der Waals surface area contributed by atoms with E-state index in [-0.39, 0.29) is 11.6 Å². The van der Waals surface area contributed by atoms with Crippen LogP contribution in [0.4, 0.5) is 0 Å². The molecule has 0 bridgehead atoms. The summed E-state index contributed by atoms with van der Waals surface area (Å²) in [5.41, 5.74) is 5.71. The van der Waals surface area contributed by atoms with E-state index in [0.717, 1.165) is 28.0 Å². The molecule has 8 nitrogen and oxygen atoms in total. The second-order valence-electron chi connectivity index (χ2n) is 7.15. The van der Waals surface area contributed by atoms with Crippen LogP contribution in [-0.4, -0.2) is 38.0 Å². The molecule has 152 valence electrons. The van der Waals surface area contributed by atoms with Gasteiger partial charge in [-0.1, -0.05) is 54.6 Å². The monoisotopic (exact) mass is 411 g/mol. The van der Waals surface area contributed by atoms with Crippen molar-refractivity contribution in [3.05, 3.63) is 83.4 Å². The van der Waals surface area contributed by atoms with Crippen molar-refractivity contribution in [2.24, 2.45) is 15.4 Å². The van der Waals surface area contributed by atoms with E-state index in [1.807, 2.05) is 48.5 Å². The van der Waals surface area contributed by atoms with Gasteiger partial charge < -0.3 is 10.2 Å². The molecule has 0 amide bonds. The maximum absolute atomic E-state index is 11.6. The van der Waals surface area contributed by atoms with E-state index in [1.165, 1.54) is 10.6 Å². The molecular weight excluding hydrogens is 394 g/mol. The molecule has 1 aliphatic rings. The number of hydrogen-bond acceptors (Lipinski definition) is 6. The van der Waals surface area contributed by atoms with Gasteiger partial charge in [0.1, 0.15) is 6.54 Å². The largest absolute Gasteiger partial charge is 0.480 e. The molecule has 31 heavy (non-hydrogen) atoms. The first-order valence-corrected chi connectivity index (χ1v) is 9.65. The average molecular weight is 411 g/mol. The van der Waals surface area contributed by atoms with E-state index in [2.05, 4.69) is 20.4 Å². The summed E-state index contributed by atoms with van der Waals surface area (Å²) >= 11 is 0. The van der Waals surface area contributed by atoms with Gasteiger partial charge in [0, 0.05) is 5.56 Å². The van der Waals surface area contributed by atoms with E-state index in [4.69, 9.17) is 0 Å². The van der Waals surface area contributed by atoms with Crippen LogP contribution in [0.5, 0.6) is 6.01 Å². The summed E-state index contributed by atoms with van der Waals surface area (Å²) in [6.45, 7) is 0.757. The van der Waals surface area contributed by atoms with Crippen LogP contribution in [-0.2, 0) is 6.54 Å². The highest BCUT2D eigenvalue weighted by Gasteiger charge is 2.18. The van der Waals surface area contributed by atoms with E-state index in [0.29, 0.717) is 24.1 Å². The minimum Gasteiger partial charge on any atom is -0.480 e. The molecule has 0 fully saturated rings. The van der Waals surface area contributed by atoms with Crippen LogP contribution in [0.2, 0.25) is 0 Å². The number of para-hydroxylation sites is 1. The Kier molecular flexibility index (Phi) is 4.51. The first-order chi connectivity index (χ1) is 15.1. The van der Waals surface area contributed by atoms with E-state index < -0.39 is 5.97 Å². The number of aromatic nitrogens is 2. The van der Waals surface area contributed by atoms with Gasteiger partial charge in [0.15, 0.2) is 0 Å². The SMILES string of the molecule is O=C(O)c1cccc2nc(O)n(Cc3ccc(-c4ccccc4C4=NN=NC4)cc3)c12. The number of carboxylic acids is 1. The van der Waals surface area contributed by atoms with Crippen molar-refractivity contribution >= 4 is 22.7 Å². The fourth-order valence-electron chi connectivity index (χ4n) is 3.81. The number of fused-ring (bicyclic) bond motifs is 1. The van der Waals surface area contributed by atoms with Crippen molar-refractivity contribution < 1.29 is 15.0 Å². The Morgan fingerprint density at radius 3 is 2.45 bits per heavy atom. The predicted molar refractivity (Wildman–Crippen MR) is 116 cm³/mol. The number of carbonyl (C=O) groups is 1. The Hall–Kier alpha value is -4.33. The molecule has 8 heteroatoms. The second kappa shape index (κ2) is 7.49. The quantitative estimate of drug-likeness (QED) is 0.509. The van der Waals surface area contributed by atoms with Gasteiger partial charge in [-0.05, 0) is 34.0 Å². The number of rotatable bonds is 5. The third-order valence-corrected chi connectivity index (χ3v) is 5.27. The lowest BCUT2D eigenvalue weighted by atomic mass is 9.96. The normalized spacial score (nSPS) is 13.0. The Balaban J connectivity index is 1.49. The highest BCUT2D eigenvalue weighted by molar-refractivity contribution is 6.07. The van der Waals surface area contributed by atoms with Gasteiger partial charge >= 0.3 is 5.97 Å². The number of hydrogen-bond donors (Lipinski definition) is 2. The maximum atomic E-state index is 11.6. The van der Waals surface area contributed by atoms with Gasteiger partial charge in [0.05, 0.1) is 28.9 Å². The number of imidazole rings is 1. The van der Waals surface area contributed by atoms with Gasteiger partial charge in [-0.2, -0.15) is 10.1 Å². The van der Waals surface area contributed by atoms with Crippen LogP contribution in [0, 0.1) is 0 Å². The molecule has 0 atom stereocenters. The van der Waals surface area contributed by atoms with Crippen molar-refractivity contribution in [1.29, 1.82) is 0 Å². The van der Waals surface area contributed by atoms with Crippen molar-refractivity contribution in [2.45, 2.75) is 6.54 Å². The summed E-state index contributed by atoms with van der Waals surface area (Å²) < 4.78 is 1.51.